The zero-order valence-electron chi connectivity index (χ0n) is 11.0. The molecule has 2 heterocycles. The summed E-state index contributed by atoms with van der Waals surface area (Å²) in [4.78, 5) is 0. The summed E-state index contributed by atoms with van der Waals surface area (Å²) in [5.41, 5.74) is 0.131. The van der Waals surface area contributed by atoms with Gasteiger partial charge in [-0.2, -0.15) is 0 Å². The highest BCUT2D eigenvalue weighted by Crippen LogP contribution is 2.40. The highest BCUT2D eigenvalue weighted by atomic mass is 32.1. The van der Waals surface area contributed by atoms with E-state index in [0.717, 1.165) is 24.7 Å². The first-order valence-electron chi connectivity index (χ1n) is 6.47. The van der Waals surface area contributed by atoms with Crippen molar-refractivity contribution in [1.82, 2.24) is 0 Å². The standard InChI is InChI=1S/C14H22O2S/c1-4-5-6-11(2)14(3)9-15-12-7-17-8-13(12)16-10-14/h7-8,11H,4-6,9-10H2,1-3H3. The van der Waals surface area contributed by atoms with Gasteiger partial charge in [-0.25, -0.2) is 0 Å². The van der Waals surface area contributed by atoms with Gasteiger partial charge >= 0.3 is 0 Å². The zero-order chi connectivity index (χ0) is 12.3. The molecule has 0 N–H and O–H groups in total. The van der Waals surface area contributed by atoms with Crippen molar-refractivity contribution in [2.24, 2.45) is 11.3 Å². The molecule has 0 aliphatic carbocycles. The summed E-state index contributed by atoms with van der Waals surface area (Å²) in [6.45, 7) is 8.37. The number of rotatable bonds is 4. The lowest BCUT2D eigenvalue weighted by Crippen LogP contribution is -2.36. The van der Waals surface area contributed by atoms with Crippen LogP contribution in [0.3, 0.4) is 0 Å². The van der Waals surface area contributed by atoms with Gasteiger partial charge < -0.3 is 9.47 Å². The lowest BCUT2D eigenvalue weighted by molar-refractivity contribution is 0.0617. The third-order valence-corrected chi connectivity index (χ3v) is 4.59. The van der Waals surface area contributed by atoms with Gasteiger partial charge in [0.2, 0.25) is 0 Å². The fraction of sp³-hybridized carbons (Fsp3) is 0.714. The van der Waals surface area contributed by atoms with Crippen LogP contribution < -0.4 is 9.47 Å². The van der Waals surface area contributed by atoms with Crippen LogP contribution in [0.1, 0.15) is 40.0 Å². The van der Waals surface area contributed by atoms with Gasteiger partial charge in [-0.3, -0.25) is 0 Å². The van der Waals surface area contributed by atoms with Crippen molar-refractivity contribution in [3.05, 3.63) is 10.8 Å². The molecule has 0 amide bonds. The van der Waals surface area contributed by atoms with Crippen LogP contribution in [-0.4, -0.2) is 13.2 Å². The van der Waals surface area contributed by atoms with E-state index >= 15 is 0 Å². The average molecular weight is 254 g/mol. The van der Waals surface area contributed by atoms with E-state index in [1.807, 2.05) is 10.8 Å². The van der Waals surface area contributed by atoms with E-state index in [-0.39, 0.29) is 5.41 Å². The molecule has 0 radical (unpaired) electrons. The van der Waals surface area contributed by atoms with Gasteiger partial charge in [0.1, 0.15) is 0 Å². The smallest absolute Gasteiger partial charge is 0.171 e. The summed E-state index contributed by atoms with van der Waals surface area (Å²) in [5, 5.41) is 4.05. The Morgan fingerprint density at radius 3 is 2.41 bits per heavy atom. The third kappa shape index (κ3) is 2.76. The first-order valence-corrected chi connectivity index (χ1v) is 7.42. The van der Waals surface area contributed by atoms with Gasteiger partial charge in [0, 0.05) is 16.2 Å². The van der Waals surface area contributed by atoms with Crippen LogP contribution in [0.25, 0.3) is 0 Å². The summed E-state index contributed by atoms with van der Waals surface area (Å²) < 4.78 is 11.8. The van der Waals surface area contributed by atoms with E-state index in [4.69, 9.17) is 9.47 Å². The van der Waals surface area contributed by atoms with Gasteiger partial charge in [0.25, 0.3) is 0 Å². The minimum Gasteiger partial charge on any atom is -0.488 e. The maximum Gasteiger partial charge on any atom is 0.171 e. The Labute approximate surface area is 108 Å². The second kappa shape index (κ2) is 5.30. The quantitative estimate of drug-likeness (QED) is 0.795. The summed E-state index contributed by atoms with van der Waals surface area (Å²) in [7, 11) is 0. The highest BCUT2D eigenvalue weighted by molar-refractivity contribution is 7.08. The highest BCUT2D eigenvalue weighted by Gasteiger charge is 2.35. The molecule has 1 aliphatic rings. The summed E-state index contributed by atoms with van der Waals surface area (Å²) >= 11 is 1.64. The largest absolute Gasteiger partial charge is 0.488 e. The molecule has 1 aliphatic heterocycles. The first-order chi connectivity index (χ1) is 8.15. The molecule has 2 nitrogen and oxygen atoms in total. The lowest BCUT2D eigenvalue weighted by Gasteiger charge is -2.33. The van der Waals surface area contributed by atoms with E-state index in [0.29, 0.717) is 5.92 Å². The number of hydrogen-bond acceptors (Lipinski definition) is 3. The normalized spacial score (nSPS) is 19.7. The minimum atomic E-state index is 0.131. The van der Waals surface area contributed by atoms with Gasteiger partial charge in [-0.05, 0) is 12.3 Å². The Balaban J connectivity index is 2.01. The molecule has 1 aromatic rings. The summed E-state index contributed by atoms with van der Waals surface area (Å²) in [6.07, 6.45) is 3.81. The van der Waals surface area contributed by atoms with Crippen molar-refractivity contribution in [3.8, 4) is 11.5 Å². The molecule has 96 valence electrons. The molecule has 2 rings (SSSR count). The molecule has 0 spiro atoms. The number of unbranched alkanes of at least 4 members (excludes halogenated alkanes) is 1. The Kier molecular flexibility index (Phi) is 3.97. The van der Waals surface area contributed by atoms with Crippen molar-refractivity contribution in [2.75, 3.05) is 13.2 Å². The monoisotopic (exact) mass is 254 g/mol. The van der Waals surface area contributed by atoms with Crippen LogP contribution in [0.15, 0.2) is 10.8 Å². The van der Waals surface area contributed by atoms with E-state index in [1.165, 1.54) is 19.3 Å². The molecule has 0 aromatic carbocycles. The predicted molar refractivity (Wildman–Crippen MR) is 72.1 cm³/mol. The number of thiophene rings is 1. The van der Waals surface area contributed by atoms with Crippen molar-refractivity contribution >= 4 is 11.3 Å². The fourth-order valence-electron chi connectivity index (χ4n) is 2.15. The van der Waals surface area contributed by atoms with Crippen LogP contribution in [-0.2, 0) is 0 Å². The number of hydrogen-bond donors (Lipinski definition) is 0. The lowest BCUT2D eigenvalue weighted by atomic mass is 9.77. The third-order valence-electron chi connectivity index (χ3n) is 3.89. The van der Waals surface area contributed by atoms with Crippen molar-refractivity contribution < 1.29 is 9.47 Å². The van der Waals surface area contributed by atoms with Crippen LogP contribution in [0.2, 0.25) is 0 Å². The molecule has 1 atom stereocenters. The average Bonchev–Trinajstić information content (AvgIpc) is 2.72. The SMILES string of the molecule is CCCCC(C)C1(C)COc2cscc2OC1. The number of fused-ring (bicyclic) bond motifs is 1. The Bertz CT molecular complexity index is 336. The predicted octanol–water partition coefficient (Wildman–Crippen LogP) is 4.35. The molecule has 0 saturated carbocycles. The van der Waals surface area contributed by atoms with Gasteiger partial charge in [-0.1, -0.05) is 33.6 Å². The van der Waals surface area contributed by atoms with Crippen LogP contribution in [0.4, 0.5) is 0 Å². The molecular weight excluding hydrogens is 232 g/mol. The Morgan fingerprint density at radius 1 is 1.29 bits per heavy atom. The maximum absolute atomic E-state index is 5.89. The molecule has 1 unspecified atom stereocenters. The van der Waals surface area contributed by atoms with Crippen LogP contribution >= 0.6 is 11.3 Å². The van der Waals surface area contributed by atoms with Crippen molar-refractivity contribution in [3.63, 3.8) is 0 Å². The fourth-order valence-corrected chi connectivity index (χ4v) is 2.84. The minimum absolute atomic E-state index is 0.131. The van der Waals surface area contributed by atoms with E-state index in [1.54, 1.807) is 11.3 Å². The van der Waals surface area contributed by atoms with Crippen LogP contribution in [0, 0.1) is 11.3 Å². The molecule has 0 fully saturated rings. The van der Waals surface area contributed by atoms with Gasteiger partial charge in [-0.15, -0.1) is 11.3 Å². The van der Waals surface area contributed by atoms with E-state index in [2.05, 4.69) is 20.8 Å². The maximum atomic E-state index is 5.89. The molecule has 0 bridgehead atoms. The topological polar surface area (TPSA) is 18.5 Å². The summed E-state index contributed by atoms with van der Waals surface area (Å²) in [6, 6.07) is 0. The van der Waals surface area contributed by atoms with Gasteiger partial charge in [0.15, 0.2) is 11.5 Å². The second-order valence-electron chi connectivity index (χ2n) is 5.37. The van der Waals surface area contributed by atoms with Crippen molar-refractivity contribution in [1.29, 1.82) is 0 Å². The number of ether oxygens (including phenoxy) is 2. The summed E-state index contributed by atoms with van der Waals surface area (Å²) in [5.74, 6) is 2.47. The van der Waals surface area contributed by atoms with Crippen molar-refractivity contribution in [2.45, 2.75) is 40.0 Å². The van der Waals surface area contributed by atoms with E-state index < -0.39 is 0 Å². The molecule has 3 heteroatoms. The zero-order valence-corrected chi connectivity index (χ0v) is 11.8. The molecular formula is C14H22O2S. The van der Waals surface area contributed by atoms with E-state index in [9.17, 15) is 0 Å². The van der Waals surface area contributed by atoms with Gasteiger partial charge in [0.05, 0.1) is 13.2 Å². The molecule has 17 heavy (non-hydrogen) atoms. The molecule has 1 aromatic heterocycles. The molecule has 0 saturated heterocycles. The Morgan fingerprint density at radius 2 is 1.88 bits per heavy atom. The first kappa shape index (κ1) is 12.7. The Hall–Kier alpha value is -0.700. The van der Waals surface area contributed by atoms with Crippen LogP contribution in [0.5, 0.6) is 11.5 Å². The second-order valence-corrected chi connectivity index (χ2v) is 6.12.